The van der Waals surface area contributed by atoms with Gasteiger partial charge >= 0.3 is 5.97 Å². The molecule has 1 N–H and O–H groups in total. The number of methoxy groups -OCH3 is 3. The SMILES string of the molecule is COc1cc(C(=O)Oc2cccc(/C=N\NC(=O)c3ccc(C(C)(C)C)cc3)c2)cc(OC)c1OC. The first-order valence-electron chi connectivity index (χ1n) is 11.2. The summed E-state index contributed by atoms with van der Waals surface area (Å²) < 4.78 is 21.4. The number of benzene rings is 3. The van der Waals surface area contributed by atoms with E-state index < -0.39 is 5.97 Å². The van der Waals surface area contributed by atoms with Gasteiger partial charge in [0, 0.05) is 5.56 Å². The summed E-state index contributed by atoms with van der Waals surface area (Å²) in [6.07, 6.45) is 1.47. The molecule has 0 radical (unpaired) electrons. The molecule has 3 aromatic rings. The van der Waals surface area contributed by atoms with Gasteiger partial charge in [0.25, 0.3) is 5.91 Å². The smallest absolute Gasteiger partial charge is 0.343 e. The van der Waals surface area contributed by atoms with E-state index in [1.165, 1.54) is 39.7 Å². The van der Waals surface area contributed by atoms with Crippen molar-refractivity contribution < 1.29 is 28.5 Å². The molecule has 3 rings (SSSR count). The summed E-state index contributed by atoms with van der Waals surface area (Å²) in [6.45, 7) is 6.34. The van der Waals surface area contributed by atoms with E-state index in [0.29, 0.717) is 34.1 Å². The van der Waals surface area contributed by atoms with Crippen LogP contribution in [0.1, 0.15) is 52.6 Å². The van der Waals surface area contributed by atoms with Gasteiger partial charge in [-0.3, -0.25) is 4.79 Å². The van der Waals surface area contributed by atoms with E-state index in [9.17, 15) is 9.59 Å². The molecule has 0 saturated heterocycles. The number of nitrogens with one attached hydrogen (secondary N) is 1. The van der Waals surface area contributed by atoms with Crippen molar-refractivity contribution in [2.45, 2.75) is 26.2 Å². The molecular formula is C28H30N2O6. The Bertz CT molecular complexity index is 1230. The lowest BCUT2D eigenvalue weighted by Crippen LogP contribution is -2.18. The van der Waals surface area contributed by atoms with Gasteiger partial charge < -0.3 is 18.9 Å². The fraction of sp³-hybridized carbons (Fsp3) is 0.250. The molecule has 1 amide bonds. The van der Waals surface area contributed by atoms with E-state index in [-0.39, 0.29) is 16.9 Å². The van der Waals surface area contributed by atoms with Crippen LogP contribution in [0.5, 0.6) is 23.0 Å². The van der Waals surface area contributed by atoms with E-state index in [1.807, 2.05) is 12.1 Å². The fourth-order valence-electron chi connectivity index (χ4n) is 3.37. The average molecular weight is 491 g/mol. The number of hydrazone groups is 1. The van der Waals surface area contributed by atoms with Crippen molar-refractivity contribution in [3.63, 3.8) is 0 Å². The van der Waals surface area contributed by atoms with E-state index >= 15 is 0 Å². The highest BCUT2D eigenvalue weighted by molar-refractivity contribution is 5.95. The molecule has 36 heavy (non-hydrogen) atoms. The monoisotopic (exact) mass is 490 g/mol. The molecular weight excluding hydrogens is 460 g/mol. The summed E-state index contributed by atoms with van der Waals surface area (Å²) >= 11 is 0. The van der Waals surface area contributed by atoms with Gasteiger partial charge in [0.05, 0.1) is 33.1 Å². The van der Waals surface area contributed by atoms with Crippen molar-refractivity contribution >= 4 is 18.1 Å². The van der Waals surface area contributed by atoms with Crippen LogP contribution in [-0.2, 0) is 5.41 Å². The van der Waals surface area contributed by atoms with E-state index in [0.717, 1.165) is 5.56 Å². The number of rotatable bonds is 8. The van der Waals surface area contributed by atoms with Crippen molar-refractivity contribution in [3.05, 3.63) is 82.9 Å². The average Bonchev–Trinajstić information content (AvgIpc) is 2.87. The second-order valence-corrected chi connectivity index (χ2v) is 8.90. The molecule has 0 aromatic heterocycles. The van der Waals surface area contributed by atoms with Gasteiger partial charge in [0.2, 0.25) is 5.75 Å². The van der Waals surface area contributed by atoms with Crippen LogP contribution in [0.25, 0.3) is 0 Å². The lowest BCUT2D eigenvalue weighted by Gasteiger charge is -2.18. The Morgan fingerprint density at radius 3 is 2.03 bits per heavy atom. The maximum atomic E-state index is 12.7. The van der Waals surface area contributed by atoms with E-state index in [4.69, 9.17) is 18.9 Å². The molecule has 8 heteroatoms. The topological polar surface area (TPSA) is 95.5 Å². The first kappa shape index (κ1) is 26.3. The number of hydrogen-bond donors (Lipinski definition) is 1. The second kappa shape index (κ2) is 11.4. The number of esters is 1. The maximum absolute atomic E-state index is 12.7. The van der Waals surface area contributed by atoms with Crippen LogP contribution in [-0.4, -0.2) is 39.4 Å². The molecule has 0 aliphatic heterocycles. The molecule has 188 valence electrons. The summed E-state index contributed by atoms with van der Waals surface area (Å²) in [5, 5.41) is 4.02. The van der Waals surface area contributed by atoms with Gasteiger partial charge in [-0.25, -0.2) is 10.2 Å². The van der Waals surface area contributed by atoms with Crippen molar-refractivity contribution in [2.75, 3.05) is 21.3 Å². The van der Waals surface area contributed by atoms with Crippen LogP contribution >= 0.6 is 0 Å². The van der Waals surface area contributed by atoms with Gasteiger partial charge in [-0.1, -0.05) is 45.0 Å². The third-order valence-electron chi connectivity index (χ3n) is 5.36. The standard InChI is InChI=1S/C28H30N2O6/c1-28(2,3)21-12-10-19(11-13-21)26(31)30-29-17-18-8-7-9-22(14-18)36-27(32)20-15-23(33-4)25(35-6)24(16-20)34-5/h7-17H,1-6H3,(H,30,31)/b29-17-. The van der Waals surface area contributed by atoms with Gasteiger partial charge in [-0.05, 0) is 52.9 Å². The first-order chi connectivity index (χ1) is 17.2. The summed E-state index contributed by atoms with van der Waals surface area (Å²) in [5.74, 6) is 0.442. The van der Waals surface area contributed by atoms with Crippen LogP contribution in [0.4, 0.5) is 0 Å². The Morgan fingerprint density at radius 2 is 1.47 bits per heavy atom. The number of nitrogens with zero attached hydrogens (tertiary/aromatic N) is 1. The largest absolute Gasteiger partial charge is 0.493 e. The zero-order valence-corrected chi connectivity index (χ0v) is 21.2. The Balaban J connectivity index is 1.67. The number of hydrogen-bond acceptors (Lipinski definition) is 7. The highest BCUT2D eigenvalue weighted by atomic mass is 16.5. The number of ether oxygens (including phenoxy) is 4. The summed E-state index contributed by atoms with van der Waals surface area (Å²) in [5.41, 5.74) is 5.03. The third-order valence-corrected chi connectivity index (χ3v) is 5.36. The Hall–Kier alpha value is -4.33. The number of amides is 1. The zero-order valence-electron chi connectivity index (χ0n) is 21.2. The van der Waals surface area contributed by atoms with E-state index in [1.54, 1.807) is 36.4 Å². The van der Waals surface area contributed by atoms with Crippen LogP contribution in [0, 0.1) is 0 Å². The Labute approximate surface area is 210 Å². The van der Waals surface area contributed by atoms with Crippen molar-refractivity contribution in [1.29, 1.82) is 0 Å². The second-order valence-electron chi connectivity index (χ2n) is 8.90. The molecule has 0 saturated carbocycles. The molecule has 0 unspecified atom stereocenters. The van der Waals surface area contributed by atoms with Crippen molar-refractivity contribution in [2.24, 2.45) is 5.10 Å². The Morgan fingerprint density at radius 1 is 0.833 bits per heavy atom. The van der Waals surface area contributed by atoms with Crippen molar-refractivity contribution in [1.82, 2.24) is 5.43 Å². The van der Waals surface area contributed by atoms with Crippen molar-refractivity contribution in [3.8, 4) is 23.0 Å². The minimum atomic E-state index is -0.602. The molecule has 0 aliphatic rings. The quantitative estimate of drug-likeness (QED) is 0.207. The molecule has 0 spiro atoms. The zero-order chi connectivity index (χ0) is 26.3. The number of carbonyl (C=O) groups excluding carboxylic acids is 2. The number of carbonyl (C=O) groups is 2. The lowest BCUT2D eigenvalue weighted by molar-refractivity contribution is 0.0733. The van der Waals surface area contributed by atoms with Crippen LogP contribution < -0.4 is 24.4 Å². The minimum Gasteiger partial charge on any atom is -0.493 e. The molecule has 8 nitrogen and oxygen atoms in total. The molecule has 0 aliphatic carbocycles. The summed E-state index contributed by atoms with van der Waals surface area (Å²) in [6, 6.07) is 17.2. The highest BCUT2D eigenvalue weighted by Gasteiger charge is 2.18. The lowest BCUT2D eigenvalue weighted by atomic mass is 9.87. The fourth-order valence-corrected chi connectivity index (χ4v) is 3.37. The summed E-state index contributed by atoms with van der Waals surface area (Å²) in [4.78, 5) is 25.1. The molecule has 3 aromatic carbocycles. The molecule has 0 fully saturated rings. The Kier molecular flexibility index (Phi) is 8.32. The van der Waals surface area contributed by atoms with Gasteiger partial charge in [-0.15, -0.1) is 0 Å². The predicted octanol–water partition coefficient (Wildman–Crippen LogP) is 4.99. The molecule has 0 bridgehead atoms. The van der Waals surface area contributed by atoms with Crippen LogP contribution in [0.3, 0.4) is 0 Å². The van der Waals surface area contributed by atoms with Gasteiger partial charge in [0.15, 0.2) is 11.5 Å². The normalized spacial score (nSPS) is 11.2. The van der Waals surface area contributed by atoms with Gasteiger partial charge in [-0.2, -0.15) is 5.10 Å². The third kappa shape index (κ3) is 6.41. The molecule has 0 atom stereocenters. The summed E-state index contributed by atoms with van der Waals surface area (Å²) in [7, 11) is 4.42. The molecule has 0 heterocycles. The predicted molar refractivity (Wildman–Crippen MR) is 138 cm³/mol. The first-order valence-corrected chi connectivity index (χ1v) is 11.2. The van der Waals surface area contributed by atoms with Gasteiger partial charge in [0.1, 0.15) is 5.75 Å². The maximum Gasteiger partial charge on any atom is 0.343 e. The van der Waals surface area contributed by atoms with Crippen LogP contribution in [0.15, 0.2) is 65.8 Å². The van der Waals surface area contributed by atoms with E-state index in [2.05, 4.69) is 31.3 Å². The minimum absolute atomic E-state index is 0.00709. The van der Waals surface area contributed by atoms with Crippen LogP contribution in [0.2, 0.25) is 0 Å². The highest BCUT2D eigenvalue weighted by Crippen LogP contribution is 2.38.